The molecule has 0 aliphatic carbocycles. The van der Waals surface area contributed by atoms with Crippen molar-refractivity contribution in [2.45, 2.75) is 71.1 Å². The number of aryl methyl sites for hydroxylation is 1. The van der Waals surface area contributed by atoms with Crippen LogP contribution in [-0.4, -0.2) is 82.7 Å². The minimum atomic E-state index is -0.513. The average molecular weight is 549 g/mol. The molecule has 0 spiro atoms. The first-order chi connectivity index (χ1) is 19.3. The van der Waals surface area contributed by atoms with E-state index in [1.165, 1.54) is 43.5 Å². The average Bonchev–Trinajstić information content (AvgIpc) is 3.63. The minimum absolute atomic E-state index is 0.235. The van der Waals surface area contributed by atoms with Gasteiger partial charge >= 0.3 is 5.97 Å². The van der Waals surface area contributed by atoms with Crippen LogP contribution < -0.4 is 0 Å². The van der Waals surface area contributed by atoms with Crippen LogP contribution in [0.1, 0.15) is 67.7 Å². The summed E-state index contributed by atoms with van der Waals surface area (Å²) in [5, 5.41) is 0. The van der Waals surface area contributed by atoms with E-state index in [2.05, 4.69) is 45.3 Å². The van der Waals surface area contributed by atoms with Crippen molar-refractivity contribution in [1.29, 1.82) is 0 Å². The second-order valence-corrected chi connectivity index (χ2v) is 12.1. The number of rotatable bonds is 10. The molecule has 0 saturated carbocycles. The monoisotopic (exact) mass is 548 g/mol. The topological polar surface area (TPSA) is 59.3 Å². The van der Waals surface area contributed by atoms with Crippen LogP contribution >= 0.6 is 0 Å². The van der Waals surface area contributed by atoms with Crippen molar-refractivity contribution in [1.82, 2.24) is 19.2 Å². The maximum absolute atomic E-state index is 14.2. The predicted molar refractivity (Wildman–Crippen MR) is 153 cm³/mol. The molecule has 0 amide bonds. The van der Waals surface area contributed by atoms with Gasteiger partial charge in [0.1, 0.15) is 11.6 Å². The number of fused-ring (bicyclic) bond motifs is 3. The molecular formula is C32H41FN4O3. The van der Waals surface area contributed by atoms with E-state index in [1.54, 1.807) is 13.0 Å². The van der Waals surface area contributed by atoms with Gasteiger partial charge in [-0.3, -0.25) is 9.80 Å². The molecule has 0 radical (unpaired) electrons. The molecule has 7 nitrogen and oxygen atoms in total. The first-order valence-corrected chi connectivity index (χ1v) is 14.9. The number of nitrogens with zero attached hydrogens (tertiary/aromatic N) is 4. The van der Waals surface area contributed by atoms with E-state index in [0.29, 0.717) is 35.6 Å². The molecule has 1 aromatic carbocycles. The quantitative estimate of drug-likeness (QED) is 0.321. The maximum atomic E-state index is 14.2. The zero-order valence-electron chi connectivity index (χ0n) is 24.1. The van der Waals surface area contributed by atoms with Gasteiger partial charge in [0, 0.05) is 49.4 Å². The summed E-state index contributed by atoms with van der Waals surface area (Å²) in [6.07, 6.45) is 8.12. The Kier molecular flexibility index (Phi) is 7.68. The van der Waals surface area contributed by atoms with Crippen LogP contribution in [0.2, 0.25) is 0 Å². The van der Waals surface area contributed by atoms with Crippen LogP contribution in [0.3, 0.4) is 0 Å². The molecule has 214 valence electrons. The highest BCUT2D eigenvalue weighted by Crippen LogP contribution is 2.37. The summed E-state index contributed by atoms with van der Waals surface area (Å²) in [5.41, 5.74) is 3.91. The number of hydrogen-bond acceptors (Lipinski definition) is 6. The van der Waals surface area contributed by atoms with Gasteiger partial charge in [-0.15, -0.1) is 0 Å². The van der Waals surface area contributed by atoms with Crippen LogP contribution in [0.4, 0.5) is 4.39 Å². The Balaban J connectivity index is 1.20. The second-order valence-electron chi connectivity index (χ2n) is 12.1. The maximum Gasteiger partial charge on any atom is 0.338 e. The molecule has 5 heterocycles. The number of aromatic nitrogens is 2. The van der Waals surface area contributed by atoms with Gasteiger partial charge in [0.2, 0.25) is 0 Å². The van der Waals surface area contributed by atoms with E-state index in [9.17, 15) is 9.18 Å². The third kappa shape index (κ3) is 5.17. The highest BCUT2D eigenvalue weighted by atomic mass is 19.1. The molecule has 0 unspecified atom stereocenters. The molecule has 3 aliphatic heterocycles. The fourth-order valence-corrected chi connectivity index (χ4v) is 7.00. The Morgan fingerprint density at radius 1 is 1.20 bits per heavy atom. The van der Waals surface area contributed by atoms with Crippen LogP contribution in [0.25, 0.3) is 16.6 Å². The van der Waals surface area contributed by atoms with Crippen molar-refractivity contribution < 1.29 is 18.7 Å². The number of carbonyl (C=O) groups is 1. The molecule has 2 aromatic heterocycles. The fourth-order valence-electron chi connectivity index (χ4n) is 7.00. The van der Waals surface area contributed by atoms with Gasteiger partial charge < -0.3 is 13.9 Å². The highest BCUT2D eigenvalue weighted by molar-refractivity contribution is 5.99. The second kappa shape index (κ2) is 11.2. The van der Waals surface area contributed by atoms with E-state index in [1.807, 2.05) is 13.1 Å². The number of morpholine rings is 1. The summed E-state index contributed by atoms with van der Waals surface area (Å²) in [6, 6.07) is 7.74. The van der Waals surface area contributed by atoms with Crippen LogP contribution in [0, 0.1) is 18.7 Å². The molecule has 40 heavy (non-hydrogen) atoms. The summed E-state index contributed by atoms with van der Waals surface area (Å²) in [4.78, 5) is 22.6. The number of imidazole rings is 1. The molecule has 6 rings (SSSR count). The summed E-state index contributed by atoms with van der Waals surface area (Å²) in [7, 11) is 0. The fraction of sp³-hybridized carbons (Fsp3) is 0.562. The largest absolute Gasteiger partial charge is 0.462 e. The van der Waals surface area contributed by atoms with Crippen molar-refractivity contribution in [3.63, 3.8) is 0 Å². The van der Waals surface area contributed by atoms with Crippen molar-refractivity contribution in [2.24, 2.45) is 5.92 Å². The Hall–Kier alpha value is -2.81. The number of hydrogen-bond donors (Lipinski definition) is 0. The summed E-state index contributed by atoms with van der Waals surface area (Å²) in [5.74, 6) is 0.906. The van der Waals surface area contributed by atoms with Crippen molar-refractivity contribution in [3.8, 4) is 11.1 Å². The van der Waals surface area contributed by atoms with Gasteiger partial charge in [-0.1, -0.05) is 19.9 Å². The normalized spacial score (nSPS) is 22.4. The van der Waals surface area contributed by atoms with Gasteiger partial charge in [-0.05, 0) is 74.9 Å². The van der Waals surface area contributed by atoms with Gasteiger partial charge in [0.25, 0.3) is 0 Å². The summed E-state index contributed by atoms with van der Waals surface area (Å²) < 4.78 is 27.4. The molecule has 3 aromatic rings. The third-order valence-corrected chi connectivity index (χ3v) is 9.19. The number of likely N-dealkylation sites (tertiary alicyclic amines) is 2. The lowest BCUT2D eigenvalue weighted by Crippen LogP contribution is -2.52. The summed E-state index contributed by atoms with van der Waals surface area (Å²) in [6.45, 7) is 13.9. The SMILES string of the molecule is CCOC(=O)c1cc(F)ccc1-c1cc(C2CN([C@@H](CCCN3C[C@H]4C[C@@H]3CO4)C(C)C)C2)cn2c(C)ncc12. The zero-order valence-corrected chi connectivity index (χ0v) is 24.1. The van der Waals surface area contributed by atoms with E-state index < -0.39 is 11.8 Å². The van der Waals surface area contributed by atoms with Crippen LogP contribution in [0.5, 0.6) is 0 Å². The zero-order chi connectivity index (χ0) is 28.0. The molecule has 0 N–H and O–H groups in total. The Morgan fingerprint density at radius 2 is 2.02 bits per heavy atom. The van der Waals surface area contributed by atoms with E-state index in [-0.39, 0.29) is 12.2 Å². The molecule has 8 heteroatoms. The van der Waals surface area contributed by atoms with Crippen molar-refractivity contribution >= 4 is 11.5 Å². The van der Waals surface area contributed by atoms with Crippen LogP contribution in [0.15, 0.2) is 36.7 Å². The predicted octanol–water partition coefficient (Wildman–Crippen LogP) is 5.30. The lowest BCUT2D eigenvalue weighted by atomic mass is 9.85. The van der Waals surface area contributed by atoms with Crippen LogP contribution in [-0.2, 0) is 9.47 Å². The van der Waals surface area contributed by atoms with E-state index >= 15 is 0 Å². The van der Waals surface area contributed by atoms with E-state index in [0.717, 1.165) is 43.1 Å². The number of halogens is 1. The minimum Gasteiger partial charge on any atom is -0.462 e. The summed E-state index contributed by atoms with van der Waals surface area (Å²) >= 11 is 0. The van der Waals surface area contributed by atoms with Crippen molar-refractivity contribution in [3.05, 3.63) is 59.4 Å². The smallest absolute Gasteiger partial charge is 0.338 e. The molecule has 3 saturated heterocycles. The first-order valence-electron chi connectivity index (χ1n) is 14.9. The molecular weight excluding hydrogens is 507 g/mol. The van der Waals surface area contributed by atoms with Gasteiger partial charge in [0.15, 0.2) is 0 Å². The molecule has 3 aliphatic rings. The molecule has 2 bridgehead atoms. The van der Waals surface area contributed by atoms with E-state index in [4.69, 9.17) is 9.47 Å². The number of pyridine rings is 1. The van der Waals surface area contributed by atoms with Gasteiger partial charge in [-0.25, -0.2) is 14.2 Å². The molecule has 3 atom stereocenters. The third-order valence-electron chi connectivity index (χ3n) is 9.19. The Labute approximate surface area is 236 Å². The van der Waals surface area contributed by atoms with Gasteiger partial charge in [0.05, 0.1) is 36.6 Å². The lowest BCUT2D eigenvalue weighted by Gasteiger charge is -2.46. The number of carbonyl (C=O) groups excluding carboxylic acids is 1. The number of esters is 1. The van der Waals surface area contributed by atoms with Crippen molar-refractivity contribution in [2.75, 3.05) is 39.4 Å². The molecule has 3 fully saturated rings. The lowest BCUT2D eigenvalue weighted by molar-refractivity contribution is 0.0251. The highest BCUT2D eigenvalue weighted by Gasteiger charge is 2.39. The van der Waals surface area contributed by atoms with Gasteiger partial charge in [-0.2, -0.15) is 0 Å². The standard InChI is InChI=1S/C32H41FN4O3/c1-5-39-32(38)29-12-24(33)8-9-27(29)28-11-22(17-37-21(4)34-14-31(28)37)23-15-36(16-23)30(20(2)3)7-6-10-35-18-26-13-25(35)19-40-26/h8-9,11-12,14,17,20,23,25-26,30H,5-7,10,13,15-16,18-19H2,1-4H3/t25-,26-,30+/m1/s1. The first kappa shape index (κ1) is 27.4. The Bertz CT molecular complexity index is 1380. The number of ether oxygens (including phenoxy) is 2. The number of benzene rings is 1. The Morgan fingerprint density at radius 3 is 2.73 bits per heavy atom.